The molecule has 2 aromatic heterocycles. The Morgan fingerprint density at radius 1 is 0.967 bits per heavy atom. The van der Waals surface area contributed by atoms with Crippen LogP contribution in [0.5, 0.6) is 0 Å². The number of halogens is 2. The van der Waals surface area contributed by atoms with Crippen molar-refractivity contribution in [2.24, 2.45) is 5.73 Å². The molecule has 30 heavy (non-hydrogen) atoms. The average Bonchev–Trinajstić information content (AvgIpc) is 3.37. The third-order valence-corrected chi connectivity index (χ3v) is 5.90. The quantitative estimate of drug-likeness (QED) is 0.350. The van der Waals surface area contributed by atoms with Crippen molar-refractivity contribution in [3.63, 3.8) is 0 Å². The molecule has 0 saturated heterocycles. The molecule has 0 fully saturated rings. The van der Waals surface area contributed by atoms with E-state index < -0.39 is 5.91 Å². The van der Waals surface area contributed by atoms with E-state index in [4.69, 9.17) is 33.4 Å². The molecule has 0 aliphatic heterocycles. The SMILES string of the molecule is NC(=O)c1cccc2c1c1ccc(-c3ccco3)cc1n2Cc1cc(Cl)ccc1Cl. The number of nitrogens with two attached hydrogens (primary N) is 1. The molecule has 2 heterocycles. The summed E-state index contributed by atoms with van der Waals surface area (Å²) in [5.74, 6) is 0.306. The minimum Gasteiger partial charge on any atom is -0.464 e. The molecular weight excluding hydrogens is 419 g/mol. The first-order chi connectivity index (χ1) is 14.5. The third-order valence-electron chi connectivity index (χ3n) is 5.30. The van der Waals surface area contributed by atoms with Crippen LogP contribution in [0.25, 0.3) is 33.1 Å². The molecule has 0 aliphatic rings. The molecule has 0 spiro atoms. The third kappa shape index (κ3) is 3.05. The van der Waals surface area contributed by atoms with Gasteiger partial charge in [-0.15, -0.1) is 0 Å². The second kappa shape index (κ2) is 7.24. The first-order valence-corrected chi connectivity index (χ1v) is 10.1. The molecule has 5 aromatic rings. The Morgan fingerprint density at radius 3 is 2.60 bits per heavy atom. The Kier molecular flexibility index (Phi) is 4.54. The van der Waals surface area contributed by atoms with Gasteiger partial charge in [-0.3, -0.25) is 4.79 Å². The van der Waals surface area contributed by atoms with Crippen molar-refractivity contribution in [2.75, 3.05) is 0 Å². The fraction of sp³-hybridized carbons (Fsp3) is 0.0417. The lowest BCUT2D eigenvalue weighted by Crippen LogP contribution is -2.11. The van der Waals surface area contributed by atoms with Gasteiger partial charge in [0.2, 0.25) is 5.91 Å². The monoisotopic (exact) mass is 434 g/mol. The molecule has 0 radical (unpaired) electrons. The van der Waals surface area contributed by atoms with E-state index >= 15 is 0 Å². The van der Waals surface area contributed by atoms with E-state index in [9.17, 15) is 4.79 Å². The lowest BCUT2D eigenvalue weighted by molar-refractivity contribution is 0.100. The number of furan rings is 1. The summed E-state index contributed by atoms with van der Waals surface area (Å²) in [5, 5.41) is 3.00. The van der Waals surface area contributed by atoms with Gasteiger partial charge in [-0.2, -0.15) is 0 Å². The zero-order chi connectivity index (χ0) is 20.8. The second-order valence-corrected chi connectivity index (χ2v) is 7.94. The van der Waals surface area contributed by atoms with Crippen LogP contribution in [-0.4, -0.2) is 10.5 Å². The van der Waals surface area contributed by atoms with Gasteiger partial charge in [-0.1, -0.05) is 41.4 Å². The Balaban J connectivity index is 1.83. The Labute approximate surface area is 182 Å². The van der Waals surface area contributed by atoms with E-state index in [0.717, 1.165) is 38.7 Å². The van der Waals surface area contributed by atoms with Gasteiger partial charge in [0, 0.05) is 38.5 Å². The van der Waals surface area contributed by atoms with Gasteiger partial charge in [0.25, 0.3) is 0 Å². The van der Waals surface area contributed by atoms with Crippen molar-refractivity contribution in [1.82, 2.24) is 4.57 Å². The highest BCUT2D eigenvalue weighted by molar-refractivity contribution is 6.33. The summed E-state index contributed by atoms with van der Waals surface area (Å²) in [6.07, 6.45) is 1.64. The van der Waals surface area contributed by atoms with Crippen LogP contribution in [0.3, 0.4) is 0 Å². The standard InChI is InChI=1S/C24H16Cl2N2O2/c25-16-7-9-19(26)15(11-16)13-28-20-4-1-3-18(24(27)29)23(20)17-8-6-14(12-21(17)28)22-5-2-10-30-22/h1-12H,13H2,(H2,27,29). The van der Waals surface area contributed by atoms with E-state index in [1.54, 1.807) is 24.5 Å². The van der Waals surface area contributed by atoms with E-state index in [1.165, 1.54) is 0 Å². The normalized spacial score (nSPS) is 11.4. The van der Waals surface area contributed by atoms with Crippen LogP contribution in [0, 0.1) is 0 Å². The zero-order valence-electron chi connectivity index (χ0n) is 15.7. The first kappa shape index (κ1) is 18.8. The zero-order valence-corrected chi connectivity index (χ0v) is 17.2. The smallest absolute Gasteiger partial charge is 0.249 e. The van der Waals surface area contributed by atoms with Gasteiger partial charge in [-0.05, 0) is 54.1 Å². The number of nitrogens with zero attached hydrogens (tertiary/aromatic N) is 1. The summed E-state index contributed by atoms with van der Waals surface area (Å²) in [7, 11) is 0. The van der Waals surface area contributed by atoms with E-state index in [-0.39, 0.29) is 0 Å². The first-order valence-electron chi connectivity index (χ1n) is 9.35. The molecule has 0 saturated carbocycles. The molecule has 6 heteroatoms. The van der Waals surface area contributed by atoms with Gasteiger partial charge in [-0.25, -0.2) is 0 Å². The Hall–Kier alpha value is -3.21. The lowest BCUT2D eigenvalue weighted by Gasteiger charge is -2.11. The minimum absolute atomic E-state index is 0.462. The lowest BCUT2D eigenvalue weighted by atomic mass is 10.0. The number of hydrogen-bond acceptors (Lipinski definition) is 2. The predicted octanol–water partition coefficient (Wildman–Crippen LogP) is 6.51. The van der Waals surface area contributed by atoms with Crippen molar-refractivity contribution in [2.45, 2.75) is 6.54 Å². The van der Waals surface area contributed by atoms with Gasteiger partial charge < -0.3 is 14.7 Å². The molecule has 0 atom stereocenters. The van der Waals surface area contributed by atoms with E-state index in [1.807, 2.05) is 42.5 Å². The molecule has 4 nitrogen and oxygen atoms in total. The van der Waals surface area contributed by atoms with Gasteiger partial charge >= 0.3 is 0 Å². The largest absolute Gasteiger partial charge is 0.464 e. The topological polar surface area (TPSA) is 61.2 Å². The molecule has 0 aliphatic carbocycles. The molecule has 5 rings (SSSR count). The number of aromatic nitrogens is 1. The maximum Gasteiger partial charge on any atom is 0.249 e. The number of fused-ring (bicyclic) bond motifs is 3. The summed E-state index contributed by atoms with van der Waals surface area (Å²) >= 11 is 12.7. The predicted molar refractivity (Wildman–Crippen MR) is 121 cm³/mol. The van der Waals surface area contributed by atoms with Crippen molar-refractivity contribution in [1.29, 1.82) is 0 Å². The number of amides is 1. The summed E-state index contributed by atoms with van der Waals surface area (Å²) < 4.78 is 7.70. The summed E-state index contributed by atoms with van der Waals surface area (Å²) in [5.41, 5.74) is 9.84. The molecule has 0 bridgehead atoms. The van der Waals surface area contributed by atoms with Crippen LogP contribution in [0.4, 0.5) is 0 Å². The summed E-state index contributed by atoms with van der Waals surface area (Å²) in [6, 6.07) is 20.8. The Bertz CT molecular complexity index is 1420. The Morgan fingerprint density at radius 2 is 1.83 bits per heavy atom. The summed E-state index contributed by atoms with van der Waals surface area (Å²) in [6.45, 7) is 0.489. The molecule has 148 valence electrons. The van der Waals surface area contributed by atoms with Gasteiger partial charge in [0.05, 0.1) is 17.3 Å². The molecular formula is C24H16Cl2N2O2. The second-order valence-electron chi connectivity index (χ2n) is 7.10. The van der Waals surface area contributed by atoms with Crippen LogP contribution in [0.15, 0.2) is 77.4 Å². The molecule has 1 amide bonds. The van der Waals surface area contributed by atoms with Crippen molar-refractivity contribution in [3.05, 3.63) is 94.2 Å². The highest BCUT2D eigenvalue weighted by atomic mass is 35.5. The number of carbonyl (C=O) groups is 1. The highest BCUT2D eigenvalue weighted by Crippen LogP contribution is 2.36. The minimum atomic E-state index is -0.462. The molecule has 2 N–H and O–H groups in total. The van der Waals surface area contributed by atoms with Gasteiger partial charge in [0.1, 0.15) is 5.76 Å². The number of primary amides is 1. The van der Waals surface area contributed by atoms with Crippen LogP contribution >= 0.6 is 23.2 Å². The number of carbonyl (C=O) groups excluding carboxylic acids is 1. The van der Waals surface area contributed by atoms with Crippen LogP contribution in [0.2, 0.25) is 10.0 Å². The fourth-order valence-corrected chi connectivity index (χ4v) is 4.32. The van der Waals surface area contributed by atoms with Crippen molar-refractivity contribution in [3.8, 4) is 11.3 Å². The van der Waals surface area contributed by atoms with Crippen LogP contribution < -0.4 is 5.73 Å². The van der Waals surface area contributed by atoms with Crippen LogP contribution in [-0.2, 0) is 6.54 Å². The van der Waals surface area contributed by atoms with Gasteiger partial charge in [0.15, 0.2) is 0 Å². The number of hydrogen-bond donors (Lipinski definition) is 1. The maximum atomic E-state index is 12.1. The average molecular weight is 435 g/mol. The highest BCUT2D eigenvalue weighted by Gasteiger charge is 2.18. The number of benzene rings is 3. The van der Waals surface area contributed by atoms with E-state index in [2.05, 4.69) is 10.6 Å². The van der Waals surface area contributed by atoms with Crippen molar-refractivity contribution >= 4 is 50.9 Å². The van der Waals surface area contributed by atoms with Crippen LogP contribution in [0.1, 0.15) is 15.9 Å². The number of rotatable bonds is 4. The maximum absolute atomic E-state index is 12.1. The molecule has 0 unspecified atom stereocenters. The molecule has 3 aromatic carbocycles. The van der Waals surface area contributed by atoms with Crippen molar-refractivity contribution < 1.29 is 9.21 Å². The van der Waals surface area contributed by atoms with E-state index in [0.29, 0.717) is 22.2 Å². The summed E-state index contributed by atoms with van der Waals surface area (Å²) in [4.78, 5) is 12.1. The fourth-order valence-electron chi connectivity index (χ4n) is 3.95.